The number of rotatable bonds is 2. The molecule has 1 aromatic heterocycles. The Kier molecular flexibility index (Phi) is 3.61. The van der Waals surface area contributed by atoms with Gasteiger partial charge in [0.1, 0.15) is 0 Å². The molecule has 0 saturated heterocycles. The maximum atomic E-state index is 6.40. The maximum absolute atomic E-state index is 6.40. The molecule has 1 heterocycles. The molecule has 0 bridgehead atoms. The van der Waals surface area contributed by atoms with Crippen LogP contribution in [0.1, 0.15) is 44.2 Å². The lowest BCUT2D eigenvalue weighted by atomic mass is 9.78. The van der Waals surface area contributed by atoms with Gasteiger partial charge in [-0.1, -0.05) is 19.8 Å². The first kappa shape index (κ1) is 12.1. The van der Waals surface area contributed by atoms with Crippen molar-refractivity contribution in [3.63, 3.8) is 0 Å². The zero-order valence-electron chi connectivity index (χ0n) is 8.72. The molecule has 1 fully saturated rings. The van der Waals surface area contributed by atoms with Crippen LogP contribution in [0.2, 0.25) is 0 Å². The van der Waals surface area contributed by atoms with Gasteiger partial charge in [-0.2, -0.15) is 0 Å². The average Bonchev–Trinajstić information content (AvgIpc) is 2.73. The van der Waals surface area contributed by atoms with E-state index in [2.05, 4.69) is 44.8 Å². The molecule has 1 atom stereocenters. The minimum absolute atomic E-state index is 0.164. The number of nitrogens with two attached hydrogens (primary N) is 1. The summed E-state index contributed by atoms with van der Waals surface area (Å²) in [5.74, 6) is 0. The van der Waals surface area contributed by atoms with Crippen molar-refractivity contribution in [1.82, 2.24) is 0 Å². The molecule has 0 aliphatic heterocycles. The van der Waals surface area contributed by atoms with Gasteiger partial charge >= 0.3 is 0 Å². The van der Waals surface area contributed by atoms with Crippen molar-refractivity contribution in [2.24, 2.45) is 11.1 Å². The Morgan fingerprint density at radius 1 is 1.40 bits per heavy atom. The summed E-state index contributed by atoms with van der Waals surface area (Å²) in [4.78, 5) is 0. The van der Waals surface area contributed by atoms with Gasteiger partial charge in [-0.15, -0.1) is 11.3 Å². The second-order valence-corrected chi connectivity index (χ2v) is 8.37. The largest absolute Gasteiger partial charge is 0.323 e. The molecule has 1 unspecified atom stereocenters. The van der Waals surface area contributed by atoms with Crippen LogP contribution in [0.3, 0.4) is 0 Å². The molecule has 2 N–H and O–H groups in total. The monoisotopic (exact) mass is 351 g/mol. The molecule has 1 saturated carbocycles. The van der Waals surface area contributed by atoms with Crippen LogP contribution in [0, 0.1) is 5.41 Å². The predicted octanol–water partition coefficient (Wildman–Crippen LogP) is 4.85. The van der Waals surface area contributed by atoms with E-state index in [1.54, 1.807) is 11.3 Å². The van der Waals surface area contributed by atoms with Crippen LogP contribution in [0.4, 0.5) is 0 Å². The summed E-state index contributed by atoms with van der Waals surface area (Å²) >= 11 is 8.82. The topological polar surface area (TPSA) is 26.0 Å². The van der Waals surface area contributed by atoms with Crippen molar-refractivity contribution in [2.45, 2.75) is 38.6 Å². The highest BCUT2D eigenvalue weighted by Crippen LogP contribution is 2.49. The molecule has 2 rings (SSSR count). The summed E-state index contributed by atoms with van der Waals surface area (Å²) in [5.41, 5.74) is 7.96. The van der Waals surface area contributed by atoms with E-state index in [4.69, 9.17) is 5.73 Å². The van der Waals surface area contributed by atoms with Gasteiger partial charge < -0.3 is 5.73 Å². The van der Waals surface area contributed by atoms with Crippen LogP contribution in [0.25, 0.3) is 0 Å². The lowest BCUT2D eigenvalue weighted by Crippen LogP contribution is -2.29. The van der Waals surface area contributed by atoms with E-state index in [0.29, 0.717) is 5.41 Å². The van der Waals surface area contributed by atoms with Crippen LogP contribution in [-0.4, -0.2) is 0 Å². The molecule has 0 radical (unpaired) electrons. The summed E-state index contributed by atoms with van der Waals surface area (Å²) in [6, 6.07) is 2.32. The Hall–Kier alpha value is 0.620. The van der Waals surface area contributed by atoms with Crippen molar-refractivity contribution in [2.75, 3.05) is 0 Å². The van der Waals surface area contributed by atoms with E-state index < -0.39 is 0 Å². The van der Waals surface area contributed by atoms with Crippen molar-refractivity contribution < 1.29 is 0 Å². The highest BCUT2D eigenvalue weighted by atomic mass is 79.9. The zero-order chi connectivity index (χ0) is 11.1. The predicted molar refractivity (Wildman–Crippen MR) is 73.2 cm³/mol. The van der Waals surface area contributed by atoms with Crippen molar-refractivity contribution in [3.8, 4) is 0 Å². The summed E-state index contributed by atoms with van der Waals surface area (Å²) in [7, 11) is 0. The lowest BCUT2D eigenvalue weighted by Gasteiger charge is -2.31. The molecule has 1 nitrogen and oxygen atoms in total. The Balaban J connectivity index is 2.27. The molecule has 1 aliphatic carbocycles. The van der Waals surface area contributed by atoms with Gasteiger partial charge in [0, 0.05) is 6.04 Å². The molecule has 84 valence electrons. The van der Waals surface area contributed by atoms with Crippen LogP contribution in [0.15, 0.2) is 13.6 Å². The Morgan fingerprint density at radius 3 is 2.47 bits per heavy atom. The van der Waals surface area contributed by atoms with Gasteiger partial charge in [-0.25, -0.2) is 0 Å². The fourth-order valence-electron chi connectivity index (χ4n) is 2.43. The number of thiophene rings is 1. The molecular formula is C11H15Br2NS. The molecule has 0 spiro atoms. The Labute approximate surface area is 112 Å². The summed E-state index contributed by atoms with van der Waals surface area (Å²) in [6.07, 6.45) is 5.17. The van der Waals surface area contributed by atoms with E-state index in [9.17, 15) is 0 Å². The molecule has 0 amide bonds. The molecule has 1 aromatic rings. The fraction of sp³-hybridized carbons (Fsp3) is 0.636. The standard InChI is InChI=1S/C11H15Br2NS/c1-11(4-2-3-5-11)9(14)7-6-8(12)15-10(7)13/h6,9H,2-5,14H2,1H3. The molecule has 0 aromatic carbocycles. The molecule has 4 heteroatoms. The van der Waals surface area contributed by atoms with Gasteiger partial charge in [0.2, 0.25) is 0 Å². The average molecular weight is 353 g/mol. The third-order valence-electron chi connectivity index (χ3n) is 3.51. The second kappa shape index (κ2) is 4.47. The highest BCUT2D eigenvalue weighted by Gasteiger charge is 2.36. The third-order valence-corrected chi connectivity index (χ3v) is 5.90. The Morgan fingerprint density at radius 2 is 2.00 bits per heavy atom. The van der Waals surface area contributed by atoms with Gasteiger partial charge in [0.05, 0.1) is 7.57 Å². The van der Waals surface area contributed by atoms with Gasteiger partial charge in [-0.3, -0.25) is 0 Å². The van der Waals surface area contributed by atoms with E-state index in [0.717, 1.165) is 3.79 Å². The fourth-order valence-corrected chi connectivity index (χ4v) is 5.36. The minimum atomic E-state index is 0.164. The van der Waals surface area contributed by atoms with Crippen molar-refractivity contribution in [1.29, 1.82) is 0 Å². The first-order valence-electron chi connectivity index (χ1n) is 5.23. The number of halogens is 2. The molecule has 15 heavy (non-hydrogen) atoms. The number of hydrogen-bond donors (Lipinski definition) is 1. The quantitative estimate of drug-likeness (QED) is 0.808. The van der Waals surface area contributed by atoms with Gasteiger partial charge in [0.15, 0.2) is 0 Å². The summed E-state index contributed by atoms with van der Waals surface area (Å²) in [5, 5.41) is 0. The first-order chi connectivity index (χ1) is 7.03. The normalized spacial score (nSPS) is 21.9. The smallest absolute Gasteiger partial charge is 0.0758 e. The third kappa shape index (κ3) is 2.33. The van der Waals surface area contributed by atoms with Crippen LogP contribution < -0.4 is 5.73 Å². The Bertz CT molecular complexity index is 355. The summed E-state index contributed by atoms with van der Waals surface area (Å²) < 4.78 is 2.33. The van der Waals surface area contributed by atoms with E-state index in [-0.39, 0.29) is 6.04 Å². The van der Waals surface area contributed by atoms with Crippen LogP contribution in [-0.2, 0) is 0 Å². The van der Waals surface area contributed by atoms with E-state index >= 15 is 0 Å². The summed E-state index contributed by atoms with van der Waals surface area (Å²) in [6.45, 7) is 2.32. The number of hydrogen-bond acceptors (Lipinski definition) is 2. The second-order valence-electron chi connectivity index (χ2n) is 4.62. The zero-order valence-corrected chi connectivity index (χ0v) is 12.7. The first-order valence-corrected chi connectivity index (χ1v) is 7.63. The molecular weight excluding hydrogens is 338 g/mol. The maximum Gasteiger partial charge on any atom is 0.0758 e. The van der Waals surface area contributed by atoms with Crippen LogP contribution >= 0.6 is 43.2 Å². The van der Waals surface area contributed by atoms with E-state index in [1.165, 1.54) is 35.0 Å². The van der Waals surface area contributed by atoms with Crippen molar-refractivity contribution in [3.05, 3.63) is 19.2 Å². The molecule has 1 aliphatic rings. The van der Waals surface area contributed by atoms with Gasteiger partial charge in [-0.05, 0) is 61.7 Å². The van der Waals surface area contributed by atoms with E-state index in [1.807, 2.05) is 0 Å². The SMILES string of the molecule is CC1(C(N)c2cc(Br)sc2Br)CCCC1. The highest BCUT2D eigenvalue weighted by molar-refractivity contribution is 9.12. The lowest BCUT2D eigenvalue weighted by molar-refractivity contribution is 0.265. The van der Waals surface area contributed by atoms with Crippen molar-refractivity contribution >= 4 is 43.2 Å². The minimum Gasteiger partial charge on any atom is -0.323 e. The van der Waals surface area contributed by atoms with Crippen LogP contribution in [0.5, 0.6) is 0 Å². The van der Waals surface area contributed by atoms with Gasteiger partial charge in [0.25, 0.3) is 0 Å².